The third-order valence-electron chi connectivity index (χ3n) is 2.86. The van der Waals surface area contributed by atoms with Gasteiger partial charge in [-0.15, -0.1) is 11.8 Å². The van der Waals surface area contributed by atoms with Gasteiger partial charge in [-0.05, 0) is 30.2 Å². The topological polar surface area (TPSA) is 37.3 Å². The molecule has 0 bridgehead atoms. The Hall–Kier alpha value is -1.74. The molecule has 0 radical (unpaired) electrons. The minimum absolute atomic E-state index is 0.0825. The van der Waals surface area contributed by atoms with Crippen LogP contribution in [0.15, 0.2) is 59.5 Å². The van der Waals surface area contributed by atoms with Gasteiger partial charge in [-0.1, -0.05) is 42.5 Å². The van der Waals surface area contributed by atoms with E-state index in [2.05, 4.69) is 19.1 Å². The standard InChI is InChI=1S/C16H16O2S/c1-12(14-5-3-2-4-6-14)19-15-9-7-13(8-10-15)11-16(17)18/h2-10,12H,11H2,1H3,(H,17,18). The molecule has 0 aliphatic carbocycles. The van der Waals surface area contributed by atoms with E-state index < -0.39 is 5.97 Å². The van der Waals surface area contributed by atoms with E-state index >= 15 is 0 Å². The number of hydrogen-bond acceptors (Lipinski definition) is 2. The van der Waals surface area contributed by atoms with Crippen molar-refractivity contribution in [2.45, 2.75) is 23.5 Å². The van der Waals surface area contributed by atoms with E-state index in [0.29, 0.717) is 5.25 Å². The highest BCUT2D eigenvalue weighted by molar-refractivity contribution is 7.99. The van der Waals surface area contributed by atoms with E-state index in [1.807, 2.05) is 42.5 Å². The van der Waals surface area contributed by atoms with Crippen molar-refractivity contribution in [1.29, 1.82) is 0 Å². The van der Waals surface area contributed by atoms with Crippen LogP contribution < -0.4 is 0 Å². The monoisotopic (exact) mass is 272 g/mol. The van der Waals surface area contributed by atoms with Crippen LogP contribution in [0, 0.1) is 0 Å². The first-order chi connectivity index (χ1) is 9.15. The van der Waals surface area contributed by atoms with Crippen LogP contribution in [-0.4, -0.2) is 11.1 Å². The summed E-state index contributed by atoms with van der Waals surface area (Å²) in [5.74, 6) is -0.793. The fraction of sp³-hybridized carbons (Fsp3) is 0.188. The predicted octanol–water partition coefficient (Wildman–Crippen LogP) is 4.17. The third kappa shape index (κ3) is 4.14. The maximum absolute atomic E-state index is 10.6. The van der Waals surface area contributed by atoms with Gasteiger partial charge in [0.1, 0.15) is 0 Å². The number of hydrogen-bond donors (Lipinski definition) is 1. The maximum Gasteiger partial charge on any atom is 0.307 e. The molecule has 0 saturated heterocycles. The number of carboxylic acid groups (broad SMARTS) is 1. The van der Waals surface area contributed by atoms with E-state index in [1.54, 1.807) is 11.8 Å². The Morgan fingerprint density at radius 1 is 1.11 bits per heavy atom. The summed E-state index contributed by atoms with van der Waals surface area (Å²) in [5, 5.41) is 9.11. The normalized spacial score (nSPS) is 12.1. The Kier molecular flexibility index (Phi) is 4.63. The molecule has 2 aromatic carbocycles. The highest BCUT2D eigenvalue weighted by atomic mass is 32.2. The first-order valence-corrected chi connectivity index (χ1v) is 7.05. The third-order valence-corrected chi connectivity index (χ3v) is 4.03. The second-order valence-electron chi connectivity index (χ2n) is 4.39. The van der Waals surface area contributed by atoms with Crippen molar-refractivity contribution in [3.63, 3.8) is 0 Å². The van der Waals surface area contributed by atoms with Gasteiger partial charge >= 0.3 is 5.97 Å². The fourth-order valence-electron chi connectivity index (χ4n) is 1.86. The Labute approximate surface area is 117 Å². The van der Waals surface area contributed by atoms with Crippen LogP contribution >= 0.6 is 11.8 Å². The van der Waals surface area contributed by atoms with Crippen LogP contribution in [0.5, 0.6) is 0 Å². The molecule has 1 unspecified atom stereocenters. The predicted molar refractivity (Wildman–Crippen MR) is 78.5 cm³/mol. The van der Waals surface area contributed by atoms with Gasteiger partial charge in [-0.25, -0.2) is 0 Å². The summed E-state index contributed by atoms with van der Waals surface area (Å²) in [6.07, 6.45) is 0.0825. The Balaban J connectivity index is 2.01. The molecule has 0 fully saturated rings. The van der Waals surface area contributed by atoms with Crippen molar-refractivity contribution >= 4 is 17.7 Å². The Morgan fingerprint density at radius 3 is 2.32 bits per heavy atom. The van der Waals surface area contributed by atoms with E-state index in [9.17, 15) is 4.79 Å². The lowest BCUT2D eigenvalue weighted by molar-refractivity contribution is -0.136. The number of carboxylic acids is 1. The zero-order valence-corrected chi connectivity index (χ0v) is 11.6. The minimum atomic E-state index is -0.793. The number of carbonyl (C=O) groups is 1. The summed E-state index contributed by atoms with van der Waals surface area (Å²) in [5.41, 5.74) is 2.13. The molecular weight excluding hydrogens is 256 g/mol. The number of thioether (sulfide) groups is 1. The zero-order chi connectivity index (χ0) is 13.7. The molecule has 0 amide bonds. The van der Waals surface area contributed by atoms with Crippen LogP contribution in [0.25, 0.3) is 0 Å². The lowest BCUT2D eigenvalue weighted by atomic mass is 10.2. The molecule has 2 nitrogen and oxygen atoms in total. The molecule has 19 heavy (non-hydrogen) atoms. The van der Waals surface area contributed by atoms with Crippen molar-refractivity contribution < 1.29 is 9.90 Å². The summed E-state index contributed by atoms with van der Waals surface area (Å²) in [6, 6.07) is 18.1. The quantitative estimate of drug-likeness (QED) is 0.830. The van der Waals surface area contributed by atoms with Crippen LogP contribution in [-0.2, 0) is 11.2 Å². The lowest BCUT2D eigenvalue weighted by Gasteiger charge is -2.11. The van der Waals surface area contributed by atoms with E-state index in [-0.39, 0.29) is 6.42 Å². The average molecular weight is 272 g/mol. The van der Waals surface area contributed by atoms with Crippen molar-refractivity contribution in [1.82, 2.24) is 0 Å². The highest BCUT2D eigenvalue weighted by Crippen LogP contribution is 2.34. The fourth-order valence-corrected chi connectivity index (χ4v) is 2.85. The summed E-state index contributed by atoms with van der Waals surface area (Å²) in [6.45, 7) is 2.17. The van der Waals surface area contributed by atoms with Crippen molar-refractivity contribution in [2.75, 3.05) is 0 Å². The molecule has 0 aliphatic rings. The van der Waals surface area contributed by atoms with Crippen molar-refractivity contribution in [3.8, 4) is 0 Å². The minimum Gasteiger partial charge on any atom is -0.481 e. The van der Waals surface area contributed by atoms with Crippen LogP contribution in [0.1, 0.15) is 23.3 Å². The second-order valence-corrected chi connectivity index (χ2v) is 5.80. The SMILES string of the molecule is CC(Sc1ccc(CC(=O)O)cc1)c1ccccc1. The molecule has 2 aromatic rings. The molecule has 0 heterocycles. The number of aliphatic carboxylic acids is 1. The van der Waals surface area contributed by atoms with Crippen LogP contribution in [0.4, 0.5) is 0 Å². The molecule has 1 N–H and O–H groups in total. The smallest absolute Gasteiger partial charge is 0.307 e. The molecular formula is C16H16O2S. The van der Waals surface area contributed by atoms with Crippen LogP contribution in [0.2, 0.25) is 0 Å². The molecule has 0 saturated carbocycles. The molecule has 0 aromatic heterocycles. The Bertz CT molecular complexity index is 534. The van der Waals surface area contributed by atoms with Gasteiger partial charge in [-0.3, -0.25) is 4.79 Å². The summed E-state index contributed by atoms with van der Waals surface area (Å²) >= 11 is 1.78. The zero-order valence-electron chi connectivity index (χ0n) is 10.7. The van der Waals surface area contributed by atoms with Crippen molar-refractivity contribution in [3.05, 3.63) is 65.7 Å². The van der Waals surface area contributed by atoms with Crippen LogP contribution in [0.3, 0.4) is 0 Å². The van der Waals surface area contributed by atoms with Crippen molar-refractivity contribution in [2.24, 2.45) is 0 Å². The summed E-state index contributed by atoms with van der Waals surface area (Å²) < 4.78 is 0. The summed E-state index contributed by atoms with van der Waals surface area (Å²) in [4.78, 5) is 11.8. The van der Waals surface area contributed by atoms with Gasteiger partial charge < -0.3 is 5.11 Å². The summed E-state index contributed by atoms with van der Waals surface area (Å²) in [7, 11) is 0. The number of benzene rings is 2. The molecule has 0 aliphatic heterocycles. The molecule has 1 atom stereocenters. The molecule has 3 heteroatoms. The van der Waals surface area contributed by atoms with Gasteiger partial charge in [0.05, 0.1) is 6.42 Å². The van der Waals surface area contributed by atoms with Gasteiger partial charge in [0.15, 0.2) is 0 Å². The van der Waals surface area contributed by atoms with Gasteiger partial charge in [0.25, 0.3) is 0 Å². The van der Waals surface area contributed by atoms with E-state index in [1.165, 1.54) is 5.56 Å². The molecule has 0 spiro atoms. The van der Waals surface area contributed by atoms with Gasteiger partial charge in [-0.2, -0.15) is 0 Å². The first-order valence-electron chi connectivity index (χ1n) is 6.17. The van der Waals surface area contributed by atoms with E-state index in [0.717, 1.165) is 10.5 Å². The molecule has 98 valence electrons. The first kappa shape index (κ1) is 13.7. The largest absolute Gasteiger partial charge is 0.481 e. The second kappa shape index (κ2) is 6.43. The van der Waals surface area contributed by atoms with E-state index in [4.69, 9.17) is 5.11 Å². The lowest BCUT2D eigenvalue weighted by Crippen LogP contribution is -1.99. The average Bonchev–Trinajstić information content (AvgIpc) is 2.41. The van der Waals surface area contributed by atoms with Gasteiger partial charge in [0, 0.05) is 10.1 Å². The van der Waals surface area contributed by atoms with Gasteiger partial charge in [0.2, 0.25) is 0 Å². The Morgan fingerprint density at radius 2 is 1.74 bits per heavy atom. The maximum atomic E-state index is 10.6. The highest BCUT2D eigenvalue weighted by Gasteiger charge is 2.07. The number of rotatable bonds is 5. The molecule has 2 rings (SSSR count).